The van der Waals surface area contributed by atoms with Gasteiger partial charge in [0.15, 0.2) is 5.69 Å². The molecule has 19 heavy (non-hydrogen) atoms. The number of amides is 1. The fourth-order valence-electron chi connectivity index (χ4n) is 2.35. The highest BCUT2D eigenvalue weighted by Crippen LogP contribution is 2.17. The third-order valence-corrected chi connectivity index (χ3v) is 3.27. The second-order valence-electron chi connectivity index (χ2n) is 4.84. The Morgan fingerprint density at radius 3 is 2.68 bits per heavy atom. The summed E-state index contributed by atoms with van der Waals surface area (Å²) >= 11 is 0. The summed E-state index contributed by atoms with van der Waals surface area (Å²) in [5.74, 6) is -1.35. The Hall–Kier alpha value is -2.05. The fraction of sp³-hybridized carbons (Fsp3) is 0.583. The number of nitrogens with one attached hydrogen (secondary N) is 1. The number of hydrogen-bond donors (Lipinski definition) is 3. The Labute approximate surface area is 110 Å². The number of carbonyl (C=O) groups is 2. The van der Waals surface area contributed by atoms with E-state index in [9.17, 15) is 9.59 Å². The Kier molecular flexibility index (Phi) is 4.03. The van der Waals surface area contributed by atoms with Gasteiger partial charge in [0.05, 0.1) is 5.69 Å². The number of carboxylic acids is 1. The highest BCUT2D eigenvalue weighted by molar-refractivity contribution is 5.91. The molecule has 2 rings (SSSR count). The van der Waals surface area contributed by atoms with Crippen molar-refractivity contribution >= 4 is 17.6 Å². The van der Waals surface area contributed by atoms with Crippen molar-refractivity contribution in [2.24, 2.45) is 0 Å². The molecule has 4 N–H and O–H groups in total. The predicted molar refractivity (Wildman–Crippen MR) is 68.6 cm³/mol. The first-order valence-electron chi connectivity index (χ1n) is 6.42. The minimum atomic E-state index is -1.19. The molecule has 1 heterocycles. The van der Waals surface area contributed by atoms with Gasteiger partial charge in [0, 0.05) is 12.2 Å². The van der Waals surface area contributed by atoms with Gasteiger partial charge in [-0.15, -0.1) is 0 Å². The zero-order valence-corrected chi connectivity index (χ0v) is 10.6. The van der Waals surface area contributed by atoms with Gasteiger partial charge in [-0.1, -0.05) is 19.3 Å². The highest BCUT2D eigenvalue weighted by Gasteiger charge is 2.18. The molecule has 0 radical (unpaired) electrons. The zero-order valence-electron chi connectivity index (χ0n) is 10.6. The number of aromatic nitrogens is 2. The van der Waals surface area contributed by atoms with E-state index in [0.717, 1.165) is 25.7 Å². The van der Waals surface area contributed by atoms with Gasteiger partial charge in [-0.05, 0) is 12.8 Å². The van der Waals surface area contributed by atoms with Crippen molar-refractivity contribution in [2.75, 3.05) is 5.73 Å². The van der Waals surface area contributed by atoms with E-state index in [1.807, 2.05) is 0 Å². The largest absolute Gasteiger partial charge is 0.476 e. The molecular weight excluding hydrogens is 248 g/mol. The maximum absolute atomic E-state index is 11.8. The molecule has 0 spiro atoms. The summed E-state index contributed by atoms with van der Waals surface area (Å²) in [6, 6.07) is 0.230. The summed E-state index contributed by atoms with van der Waals surface area (Å²) in [4.78, 5) is 22.6. The molecule has 1 aliphatic carbocycles. The Morgan fingerprint density at radius 2 is 2.11 bits per heavy atom. The lowest BCUT2D eigenvalue weighted by atomic mass is 9.95. The molecule has 1 aromatic heterocycles. The van der Waals surface area contributed by atoms with E-state index in [2.05, 4.69) is 10.4 Å². The van der Waals surface area contributed by atoms with Gasteiger partial charge in [0.1, 0.15) is 6.54 Å². The number of nitrogens with two attached hydrogens (primary N) is 1. The quantitative estimate of drug-likeness (QED) is 0.739. The lowest BCUT2D eigenvalue weighted by molar-refractivity contribution is -0.122. The molecule has 0 saturated heterocycles. The van der Waals surface area contributed by atoms with Crippen LogP contribution in [0.4, 0.5) is 5.69 Å². The first-order valence-corrected chi connectivity index (χ1v) is 6.42. The van der Waals surface area contributed by atoms with Crippen molar-refractivity contribution in [3.05, 3.63) is 11.9 Å². The highest BCUT2D eigenvalue weighted by atomic mass is 16.4. The number of carboxylic acid groups (broad SMARTS) is 1. The second-order valence-corrected chi connectivity index (χ2v) is 4.84. The van der Waals surface area contributed by atoms with Gasteiger partial charge < -0.3 is 16.2 Å². The lowest BCUT2D eigenvalue weighted by Crippen LogP contribution is -2.38. The van der Waals surface area contributed by atoms with E-state index in [4.69, 9.17) is 10.8 Å². The van der Waals surface area contributed by atoms with Crippen molar-refractivity contribution < 1.29 is 14.7 Å². The standard InChI is InChI=1S/C12H18N4O3/c13-9-6-16(15-11(9)12(18)19)7-10(17)14-8-4-2-1-3-5-8/h6,8H,1-5,7,13H2,(H,14,17)(H,18,19). The van der Waals surface area contributed by atoms with E-state index >= 15 is 0 Å². The second kappa shape index (κ2) is 5.73. The molecule has 1 saturated carbocycles. The van der Waals surface area contributed by atoms with Crippen LogP contribution in [0.5, 0.6) is 0 Å². The van der Waals surface area contributed by atoms with Crippen LogP contribution in [0.1, 0.15) is 42.6 Å². The van der Waals surface area contributed by atoms with Crippen LogP contribution in [-0.4, -0.2) is 32.8 Å². The van der Waals surface area contributed by atoms with Crippen molar-refractivity contribution in [2.45, 2.75) is 44.7 Å². The number of rotatable bonds is 4. The zero-order chi connectivity index (χ0) is 13.8. The third-order valence-electron chi connectivity index (χ3n) is 3.27. The lowest BCUT2D eigenvalue weighted by Gasteiger charge is -2.22. The molecule has 104 valence electrons. The molecule has 0 unspecified atom stereocenters. The number of anilines is 1. The van der Waals surface area contributed by atoms with E-state index in [-0.39, 0.29) is 29.9 Å². The van der Waals surface area contributed by atoms with Crippen LogP contribution in [0.25, 0.3) is 0 Å². The van der Waals surface area contributed by atoms with Crippen LogP contribution in [-0.2, 0) is 11.3 Å². The topological polar surface area (TPSA) is 110 Å². The Balaban J connectivity index is 1.91. The average Bonchev–Trinajstić information content (AvgIpc) is 2.71. The summed E-state index contributed by atoms with van der Waals surface area (Å²) in [6.45, 7) is -0.00597. The van der Waals surface area contributed by atoms with Crippen LogP contribution in [0.2, 0.25) is 0 Å². The third kappa shape index (κ3) is 3.46. The van der Waals surface area contributed by atoms with Crippen molar-refractivity contribution in [1.29, 1.82) is 0 Å². The number of nitrogens with zero attached hydrogens (tertiary/aromatic N) is 2. The van der Waals surface area contributed by atoms with E-state index < -0.39 is 5.97 Å². The van der Waals surface area contributed by atoms with Gasteiger partial charge in [0.2, 0.25) is 5.91 Å². The summed E-state index contributed by atoms with van der Waals surface area (Å²) in [7, 11) is 0. The van der Waals surface area contributed by atoms with E-state index in [0.29, 0.717) is 0 Å². The van der Waals surface area contributed by atoms with Gasteiger partial charge in [0.25, 0.3) is 0 Å². The van der Waals surface area contributed by atoms with Crippen molar-refractivity contribution in [3.8, 4) is 0 Å². The number of carbonyl (C=O) groups excluding carboxylic acids is 1. The fourth-order valence-corrected chi connectivity index (χ4v) is 2.35. The molecule has 0 aromatic carbocycles. The van der Waals surface area contributed by atoms with Crippen molar-refractivity contribution in [3.63, 3.8) is 0 Å². The van der Waals surface area contributed by atoms with Crippen molar-refractivity contribution in [1.82, 2.24) is 15.1 Å². The molecular formula is C12H18N4O3. The van der Waals surface area contributed by atoms with E-state index in [1.165, 1.54) is 17.3 Å². The van der Waals surface area contributed by atoms with Gasteiger partial charge in [-0.25, -0.2) is 4.79 Å². The van der Waals surface area contributed by atoms with Gasteiger partial charge >= 0.3 is 5.97 Å². The predicted octanol–water partition coefficient (Wildman–Crippen LogP) is 0.612. The number of nitrogen functional groups attached to an aromatic ring is 1. The molecule has 1 amide bonds. The van der Waals surface area contributed by atoms with Crippen LogP contribution >= 0.6 is 0 Å². The normalized spacial score (nSPS) is 16.2. The van der Waals surface area contributed by atoms with Crippen LogP contribution in [0, 0.1) is 0 Å². The molecule has 1 aliphatic rings. The summed E-state index contributed by atoms with van der Waals surface area (Å²) < 4.78 is 1.26. The molecule has 0 atom stereocenters. The Bertz CT molecular complexity index is 477. The molecule has 7 heteroatoms. The maximum Gasteiger partial charge on any atom is 0.358 e. The minimum Gasteiger partial charge on any atom is -0.476 e. The van der Waals surface area contributed by atoms with Gasteiger partial charge in [-0.3, -0.25) is 9.48 Å². The van der Waals surface area contributed by atoms with Crippen LogP contribution in [0.15, 0.2) is 6.20 Å². The van der Waals surface area contributed by atoms with Gasteiger partial charge in [-0.2, -0.15) is 5.10 Å². The molecule has 1 fully saturated rings. The molecule has 0 bridgehead atoms. The first-order chi connectivity index (χ1) is 9.06. The van der Waals surface area contributed by atoms with Crippen LogP contribution in [0.3, 0.4) is 0 Å². The number of aromatic carboxylic acids is 1. The summed E-state index contributed by atoms with van der Waals surface area (Å²) in [5, 5.41) is 15.5. The minimum absolute atomic E-state index is 0.00597. The van der Waals surface area contributed by atoms with E-state index in [1.54, 1.807) is 0 Å². The maximum atomic E-state index is 11.8. The Morgan fingerprint density at radius 1 is 1.42 bits per heavy atom. The smallest absolute Gasteiger partial charge is 0.358 e. The molecule has 0 aliphatic heterocycles. The monoisotopic (exact) mass is 266 g/mol. The SMILES string of the molecule is Nc1cn(CC(=O)NC2CCCCC2)nc1C(=O)O. The average molecular weight is 266 g/mol. The molecule has 1 aromatic rings. The summed E-state index contributed by atoms with van der Waals surface area (Å²) in [6.07, 6.45) is 6.89. The first kappa shape index (κ1) is 13.4. The van der Waals surface area contributed by atoms with Crippen LogP contribution < -0.4 is 11.1 Å². The summed E-state index contributed by atoms with van der Waals surface area (Å²) in [5.41, 5.74) is 5.36. The molecule has 7 nitrogen and oxygen atoms in total. The number of hydrogen-bond acceptors (Lipinski definition) is 4.